The summed E-state index contributed by atoms with van der Waals surface area (Å²) >= 11 is 0. The summed E-state index contributed by atoms with van der Waals surface area (Å²) in [4.78, 5) is 17.7. The minimum absolute atomic E-state index is 0.151. The van der Waals surface area contributed by atoms with Gasteiger partial charge in [-0.1, -0.05) is 60.7 Å². The van der Waals surface area contributed by atoms with Crippen LogP contribution in [0.25, 0.3) is 11.1 Å². The monoisotopic (exact) mass is 392 g/mol. The first-order valence-corrected chi connectivity index (χ1v) is 10.2. The van der Waals surface area contributed by atoms with Crippen molar-refractivity contribution >= 4 is 18.5 Å². The summed E-state index contributed by atoms with van der Waals surface area (Å²) in [7, 11) is -6.87. The number of benzene rings is 3. The molecule has 0 saturated carbocycles. The van der Waals surface area contributed by atoms with Crippen LogP contribution >= 0.6 is 7.82 Å². The van der Waals surface area contributed by atoms with E-state index in [1.54, 1.807) is 42.5 Å². The van der Waals surface area contributed by atoms with Crippen molar-refractivity contribution in [2.45, 2.75) is 4.90 Å². The smallest absolute Gasteiger partial charge is 0.404 e. The van der Waals surface area contributed by atoms with Crippen LogP contribution in [0.1, 0.15) is 0 Å². The molecule has 0 fully saturated rings. The van der Waals surface area contributed by atoms with E-state index in [1.165, 1.54) is 12.1 Å². The number of hydrogen-bond donors (Lipinski definition) is 3. The summed E-state index contributed by atoms with van der Waals surface area (Å²) in [6.07, 6.45) is 0. The third kappa shape index (κ3) is 6.82. The summed E-state index contributed by atoms with van der Waals surface area (Å²) in [5, 5.41) is 0. The van der Waals surface area contributed by atoms with Gasteiger partial charge in [0.05, 0.1) is 4.90 Å². The van der Waals surface area contributed by atoms with Gasteiger partial charge in [0.15, 0.2) is 10.7 Å². The molecule has 26 heavy (non-hydrogen) atoms. The zero-order valence-corrected chi connectivity index (χ0v) is 15.3. The second kappa shape index (κ2) is 9.31. The molecular weight excluding hydrogens is 375 g/mol. The molecule has 8 heteroatoms. The molecule has 3 aromatic carbocycles. The van der Waals surface area contributed by atoms with Gasteiger partial charge < -0.3 is 4.52 Å². The molecule has 0 heterocycles. The predicted molar refractivity (Wildman–Crippen MR) is 99.6 cm³/mol. The van der Waals surface area contributed by atoms with Crippen molar-refractivity contribution in [3.8, 4) is 16.9 Å². The highest BCUT2D eigenvalue weighted by molar-refractivity contribution is 7.72. The highest BCUT2D eigenvalue weighted by atomic mass is 32.2. The maximum Gasteiger partial charge on any atom is 0.524 e. The number of hydrogen-bond acceptors (Lipinski definition) is 4. The van der Waals surface area contributed by atoms with Gasteiger partial charge in [0.2, 0.25) is 0 Å². The molecule has 136 valence electrons. The van der Waals surface area contributed by atoms with Gasteiger partial charge in [-0.05, 0) is 35.4 Å². The average Bonchev–Trinajstić information content (AvgIpc) is 2.63. The third-order valence-electron chi connectivity index (χ3n) is 3.15. The van der Waals surface area contributed by atoms with E-state index in [4.69, 9.17) is 9.79 Å². The summed E-state index contributed by atoms with van der Waals surface area (Å²) in [5.41, 5.74) is 2.00. The van der Waals surface area contributed by atoms with Crippen LogP contribution in [0.2, 0.25) is 0 Å². The van der Waals surface area contributed by atoms with Gasteiger partial charge in [0.1, 0.15) is 5.75 Å². The van der Waals surface area contributed by atoms with E-state index in [1.807, 2.05) is 30.3 Å². The highest BCUT2D eigenvalue weighted by Gasteiger charge is 2.15. The number of phosphoric acid groups is 1. The van der Waals surface area contributed by atoms with Crippen LogP contribution in [0.3, 0.4) is 0 Å². The van der Waals surface area contributed by atoms with Crippen LogP contribution in [0.4, 0.5) is 0 Å². The highest BCUT2D eigenvalue weighted by Crippen LogP contribution is 2.37. The quantitative estimate of drug-likeness (QED) is 0.464. The van der Waals surface area contributed by atoms with Gasteiger partial charge in [-0.15, -0.1) is 0 Å². The van der Waals surface area contributed by atoms with E-state index < -0.39 is 18.5 Å². The molecule has 0 aliphatic carbocycles. The number of rotatable bonds is 4. The van der Waals surface area contributed by atoms with Gasteiger partial charge in [0.25, 0.3) is 0 Å². The summed E-state index contributed by atoms with van der Waals surface area (Å²) < 4.78 is 35.6. The lowest BCUT2D eigenvalue weighted by Crippen LogP contribution is -1.89. The normalized spacial score (nSPS) is 10.7. The Morgan fingerprint density at radius 1 is 0.692 bits per heavy atom. The van der Waals surface area contributed by atoms with Crippen LogP contribution in [0.5, 0.6) is 5.75 Å². The van der Waals surface area contributed by atoms with Crippen molar-refractivity contribution in [2.24, 2.45) is 0 Å². The lowest BCUT2D eigenvalue weighted by atomic mass is 10.1. The van der Waals surface area contributed by atoms with Gasteiger partial charge in [0, 0.05) is 0 Å². The Hall–Kier alpha value is -2.44. The second-order valence-electron chi connectivity index (χ2n) is 5.06. The van der Waals surface area contributed by atoms with Crippen LogP contribution in [-0.2, 0) is 15.3 Å². The molecule has 0 spiro atoms. The molecule has 0 bridgehead atoms. The first kappa shape index (κ1) is 19.9. The molecule has 3 rings (SSSR count). The molecule has 2 N–H and O–H groups in total. The standard InChI is InChI=1S/C12H11O4P.C6H6O2S/c13-17(14,15)16-12-8-6-11(7-9-12)10-4-2-1-3-5-10;7-9(8)6-4-2-1-3-5-6/h1-9H,(H2,13,14,15);1-5,9H. The molecule has 0 atom stereocenters. The van der Waals surface area contributed by atoms with Crippen LogP contribution in [0, 0.1) is 0 Å². The van der Waals surface area contributed by atoms with E-state index in [9.17, 15) is 13.0 Å². The molecule has 0 aromatic heterocycles. The molecular formula is C18H17O6PS. The van der Waals surface area contributed by atoms with Gasteiger partial charge in [-0.3, -0.25) is 9.79 Å². The maximum atomic E-state index is 10.6. The Balaban J connectivity index is 0.000000228. The molecule has 6 nitrogen and oxygen atoms in total. The molecule has 0 unspecified atom stereocenters. The maximum absolute atomic E-state index is 10.6. The van der Waals surface area contributed by atoms with E-state index in [-0.39, 0.29) is 5.75 Å². The van der Waals surface area contributed by atoms with Crippen LogP contribution < -0.4 is 4.52 Å². The zero-order valence-electron chi connectivity index (χ0n) is 13.5. The summed E-state index contributed by atoms with van der Waals surface area (Å²) in [6.45, 7) is 0. The molecule has 0 aliphatic heterocycles. The fourth-order valence-corrected chi connectivity index (χ4v) is 2.84. The zero-order chi connectivity index (χ0) is 19.0. The lowest BCUT2D eigenvalue weighted by molar-refractivity contribution is 0.283. The van der Waals surface area contributed by atoms with Crippen molar-refractivity contribution in [2.75, 3.05) is 0 Å². The van der Waals surface area contributed by atoms with Crippen molar-refractivity contribution in [3.05, 3.63) is 84.9 Å². The molecule has 0 saturated heterocycles. The fraction of sp³-hybridized carbons (Fsp3) is 0. The Kier molecular flexibility index (Phi) is 7.12. The molecule has 0 aliphatic rings. The van der Waals surface area contributed by atoms with Gasteiger partial charge in [-0.25, -0.2) is 13.0 Å². The van der Waals surface area contributed by atoms with E-state index >= 15 is 0 Å². The lowest BCUT2D eigenvalue weighted by Gasteiger charge is -2.07. The second-order valence-corrected chi connectivity index (χ2v) is 7.26. The van der Waals surface area contributed by atoms with E-state index in [2.05, 4.69) is 4.52 Å². The Bertz CT molecular complexity index is 926. The minimum atomic E-state index is -4.47. The van der Waals surface area contributed by atoms with Crippen molar-refractivity contribution in [1.29, 1.82) is 0 Å². The summed E-state index contributed by atoms with van der Waals surface area (Å²) in [5.74, 6) is 0.151. The number of phosphoric ester groups is 1. The largest absolute Gasteiger partial charge is 0.524 e. The molecule has 0 amide bonds. The van der Waals surface area contributed by atoms with Gasteiger partial charge >= 0.3 is 7.82 Å². The third-order valence-corrected chi connectivity index (χ3v) is 4.32. The Morgan fingerprint density at radius 3 is 1.58 bits per heavy atom. The van der Waals surface area contributed by atoms with Crippen LogP contribution in [-0.4, -0.2) is 18.2 Å². The van der Waals surface area contributed by atoms with Crippen LogP contribution in [0.15, 0.2) is 89.8 Å². The SMILES string of the molecule is O=P(O)(O)Oc1ccc(-c2ccccc2)cc1.O=[SH](=O)c1ccccc1. The van der Waals surface area contributed by atoms with Crippen molar-refractivity contribution in [3.63, 3.8) is 0 Å². The van der Waals surface area contributed by atoms with Crippen molar-refractivity contribution < 1.29 is 27.3 Å². The van der Waals surface area contributed by atoms with E-state index in [0.717, 1.165) is 11.1 Å². The van der Waals surface area contributed by atoms with E-state index in [0.29, 0.717) is 4.90 Å². The Labute approximate surface area is 152 Å². The molecule has 0 radical (unpaired) electrons. The fourth-order valence-electron chi connectivity index (χ4n) is 2.03. The van der Waals surface area contributed by atoms with Crippen molar-refractivity contribution in [1.82, 2.24) is 0 Å². The molecule has 3 aromatic rings. The predicted octanol–water partition coefficient (Wildman–Crippen LogP) is 3.48. The first-order chi connectivity index (χ1) is 12.3. The topological polar surface area (TPSA) is 101 Å². The minimum Gasteiger partial charge on any atom is -0.404 e. The first-order valence-electron chi connectivity index (χ1n) is 7.45. The Morgan fingerprint density at radius 2 is 1.15 bits per heavy atom. The van der Waals surface area contributed by atoms with Gasteiger partial charge in [-0.2, -0.15) is 0 Å². The average molecular weight is 392 g/mol. The summed E-state index contributed by atoms with van der Waals surface area (Å²) in [6, 6.07) is 24.5. The number of thiol groups is 1.